The van der Waals surface area contributed by atoms with E-state index >= 15 is 0 Å². The van der Waals surface area contributed by atoms with Crippen molar-refractivity contribution in [3.05, 3.63) is 54.2 Å². The minimum atomic E-state index is -0.255. The van der Waals surface area contributed by atoms with E-state index < -0.39 is 0 Å². The van der Waals surface area contributed by atoms with E-state index in [0.29, 0.717) is 22.6 Å². The van der Waals surface area contributed by atoms with Crippen LogP contribution in [0.1, 0.15) is 10.5 Å². The lowest BCUT2D eigenvalue weighted by Gasteiger charge is -2.05. The third-order valence-corrected chi connectivity index (χ3v) is 4.55. The van der Waals surface area contributed by atoms with E-state index in [9.17, 15) is 4.79 Å². The number of hydrogen-bond donors (Lipinski definition) is 1. The van der Waals surface area contributed by atoms with Gasteiger partial charge in [0, 0.05) is 12.6 Å². The fourth-order valence-corrected chi connectivity index (χ4v) is 3.25. The van der Waals surface area contributed by atoms with Crippen LogP contribution in [-0.4, -0.2) is 31.5 Å². The van der Waals surface area contributed by atoms with Crippen LogP contribution in [0.4, 0.5) is 5.69 Å². The molecule has 0 fully saturated rings. The molecule has 0 unspecified atom stereocenters. The van der Waals surface area contributed by atoms with Gasteiger partial charge in [0.25, 0.3) is 5.91 Å². The zero-order valence-electron chi connectivity index (χ0n) is 14.1. The van der Waals surface area contributed by atoms with Gasteiger partial charge in [0.2, 0.25) is 0 Å². The molecule has 26 heavy (non-hydrogen) atoms. The van der Waals surface area contributed by atoms with Gasteiger partial charge in [-0.2, -0.15) is 13.8 Å². The molecule has 4 rings (SSSR count). The predicted molar refractivity (Wildman–Crippen MR) is 101 cm³/mol. The Morgan fingerprint density at radius 1 is 1.15 bits per heavy atom. The second-order valence-corrected chi connectivity index (χ2v) is 6.19. The summed E-state index contributed by atoms with van der Waals surface area (Å²) in [6.07, 6.45) is 0. The Labute approximate surface area is 153 Å². The number of methoxy groups -OCH3 is 1. The first-order valence-electron chi connectivity index (χ1n) is 7.87. The van der Waals surface area contributed by atoms with Crippen molar-refractivity contribution in [3.63, 3.8) is 0 Å². The van der Waals surface area contributed by atoms with E-state index in [0.717, 1.165) is 28.6 Å². The van der Waals surface area contributed by atoms with Gasteiger partial charge in [-0.1, -0.05) is 18.2 Å². The van der Waals surface area contributed by atoms with Crippen molar-refractivity contribution in [2.24, 2.45) is 7.05 Å². The average molecular weight is 365 g/mol. The van der Waals surface area contributed by atoms with Crippen molar-refractivity contribution < 1.29 is 9.53 Å². The maximum atomic E-state index is 12.7. The number of amides is 1. The number of carbonyl (C=O) groups is 1. The Kier molecular flexibility index (Phi) is 4.10. The largest absolute Gasteiger partial charge is 0.497 e. The molecule has 0 aliphatic rings. The standard InChI is InChI=1S/C18H15N5O2S/c1-23-16(10-15(20-23)11-5-3-6-12(9-11)25-2)18(24)19-13-7-4-8-14-17(13)22-26-21-14/h3-10H,1-2H3,(H,19,24). The quantitative estimate of drug-likeness (QED) is 0.600. The van der Waals surface area contributed by atoms with Gasteiger partial charge in [-0.25, -0.2) is 0 Å². The smallest absolute Gasteiger partial charge is 0.274 e. The monoisotopic (exact) mass is 365 g/mol. The van der Waals surface area contributed by atoms with Crippen molar-refractivity contribution in [3.8, 4) is 17.0 Å². The van der Waals surface area contributed by atoms with Gasteiger partial charge in [-0.3, -0.25) is 9.48 Å². The highest BCUT2D eigenvalue weighted by Gasteiger charge is 2.16. The first kappa shape index (κ1) is 16.2. The molecule has 0 spiro atoms. The fourth-order valence-electron chi connectivity index (χ4n) is 2.70. The Bertz CT molecular complexity index is 1100. The lowest BCUT2D eigenvalue weighted by molar-refractivity contribution is 0.101. The lowest BCUT2D eigenvalue weighted by Crippen LogP contribution is -2.16. The Balaban J connectivity index is 1.64. The van der Waals surface area contributed by atoms with Gasteiger partial charge >= 0.3 is 0 Å². The number of aryl methyl sites for hydroxylation is 1. The zero-order valence-corrected chi connectivity index (χ0v) is 14.9. The van der Waals surface area contributed by atoms with Gasteiger partial charge in [0.1, 0.15) is 22.5 Å². The van der Waals surface area contributed by atoms with Crippen LogP contribution in [0.2, 0.25) is 0 Å². The van der Waals surface area contributed by atoms with Crippen LogP contribution in [0.3, 0.4) is 0 Å². The number of nitrogens with one attached hydrogen (secondary N) is 1. The SMILES string of the molecule is COc1cccc(-c2cc(C(=O)Nc3cccc4nsnc34)n(C)n2)c1. The summed E-state index contributed by atoms with van der Waals surface area (Å²) < 4.78 is 15.2. The lowest BCUT2D eigenvalue weighted by atomic mass is 10.1. The Hall–Kier alpha value is -3.26. The molecular weight excluding hydrogens is 350 g/mol. The zero-order chi connectivity index (χ0) is 18.1. The van der Waals surface area contributed by atoms with Gasteiger partial charge in [-0.05, 0) is 30.3 Å². The molecule has 0 saturated heterocycles. The highest BCUT2D eigenvalue weighted by Crippen LogP contribution is 2.25. The van der Waals surface area contributed by atoms with Crippen LogP contribution < -0.4 is 10.1 Å². The first-order valence-corrected chi connectivity index (χ1v) is 8.60. The molecule has 8 heteroatoms. The van der Waals surface area contributed by atoms with Crippen LogP contribution in [0.5, 0.6) is 5.75 Å². The third kappa shape index (κ3) is 2.91. The summed E-state index contributed by atoms with van der Waals surface area (Å²) in [5, 5.41) is 7.34. The van der Waals surface area contributed by atoms with E-state index in [1.54, 1.807) is 31.0 Å². The molecule has 0 saturated carbocycles. The number of fused-ring (bicyclic) bond motifs is 1. The molecule has 0 atom stereocenters. The summed E-state index contributed by atoms with van der Waals surface area (Å²) in [7, 11) is 3.36. The number of carbonyl (C=O) groups excluding carboxylic acids is 1. The summed E-state index contributed by atoms with van der Waals surface area (Å²) in [6.45, 7) is 0. The maximum absolute atomic E-state index is 12.7. The maximum Gasteiger partial charge on any atom is 0.274 e. The molecule has 1 amide bonds. The van der Waals surface area contributed by atoms with Crippen LogP contribution in [0, 0.1) is 0 Å². The molecule has 7 nitrogen and oxygen atoms in total. The molecule has 0 bridgehead atoms. The Morgan fingerprint density at radius 2 is 2.00 bits per heavy atom. The van der Waals surface area contributed by atoms with Crippen molar-refractivity contribution >= 4 is 34.4 Å². The van der Waals surface area contributed by atoms with Crippen molar-refractivity contribution in [2.75, 3.05) is 12.4 Å². The van der Waals surface area contributed by atoms with E-state index in [1.165, 1.54) is 0 Å². The average Bonchev–Trinajstić information content (AvgIpc) is 3.29. The van der Waals surface area contributed by atoms with E-state index in [-0.39, 0.29) is 5.91 Å². The fraction of sp³-hybridized carbons (Fsp3) is 0.111. The molecule has 2 aromatic carbocycles. The molecule has 2 aromatic heterocycles. The second-order valence-electron chi connectivity index (χ2n) is 5.66. The van der Waals surface area contributed by atoms with Crippen LogP contribution in [0.15, 0.2) is 48.5 Å². The molecule has 130 valence electrons. The molecule has 0 radical (unpaired) electrons. The van der Waals surface area contributed by atoms with Gasteiger partial charge < -0.3 is 10.1 Å². The van der Waals surface area contributed by atoms with Crippen LogP contribution in [0.25, 0.3) is 22.3 Å². The number of aromatic nitrogens is 4. The van der Waals surface area contributed by atoms with Crippen LogP contribution in [-0.2, 0) is 7.05 Å². The molecular formula is C18H15N5O2S. The number of rotatable bonds is 4. The van der Waals surface area contributed by atoms with E-state index in [1.807, 2.05) is 36.4 Å². The third-order valence-electron chi connectivity index (χ3n) is 4.01. The Morgan fingerprint density at radius 3 is 2.85 bits per heavy atom. The number of ether oxygens (including phenoxy) is 1. The number of hydrogen-bond acceptors (Lipinski definition) is 6. The van der Waals surface area contributed by atoms with Crippen molar-refractivity contribution in [2.45, 2.75) is 0 Å². The van der Waals surface area contributed by atoms with E-state index in [4.69, 9.17) is 4.74 Å². The first-order chi connectivity index (χ1) is 12.7. The highest BCUT2D eigenvalue weighted by molar-refractivity contribution is 7.00. The van der Waals surface area contributed by atoms with Crippen LogP contribution >= 0.6 is 11.7 Å². The molecule has 2 heterocycles. The molecule has 4 aromatic rings. The summed E-state index contributed by atoms with van der Waals surface area (Å²) >= 11 is 1.12. The van der Waals surface area contributed by atoms with Crippen molar-refractivity contribution in [1.82, 2.24) is 18.5 Å². The minimum Gasteiger partial charge on any atom is -0.497 e. The highest BCUT2D eigenvalue weighted by atomic mass is 32.1. The van der Waals surface area contributed by atoms with Gasteiger partial charge in [-0.15, -0.1) is 0 Å². The number of nitrogens with zero attached hydrogens (tertiary/aromatic N) is 4. The molecule has 0 aliphatic carbocycles. The van der Waals surface area contributed by atoms with Gasteiger partial charge in [0.05, 0.1) is 30.2 Å². The van der Waals surface area contributed by atoms with Gasteiger partial charge in [0.15, 0.2) is 0 Å². The normalized spacial score (nSPS) is 10.8. The summed E-state index contributed by atoms with van der Waals surface area (Å²) in [5.74, 6) is 0.483. The van der Waals surface area contributed by atoms with Crippen molar-refractivity contribution in [1.29, 1.82) is 0 Å². The summed E-state index contributed by atoms with van der Waals surface area (Å²) in [4.78, 5) is 12.7. The molecule has 0 aliphatic heterocycles. The summed E-state index contributed by atoms with van der Waals surface area (Å²) in [5.41, 5.74) is 4.10. The number of benzene rings is 2. The minimum absolute atomic E-state index is 0.255. The second kappa shape index (κ2) is 6.57. The summed E-state index contributed by atoms with van der Waals surface area (Å²) in [6, 6.07) is 14.8. The number of anilines is 1. The predicted octanol–water partition coefficient (Wildman–Crippen LogP) is 3.35. The topological polar surface area (TPSA) is 81.9 Å². The molecule has 1 N–H and O–H groups in total. The van der Waals surface area contributed by atoms with E-state index in [2.05, 4.69) is 19.2 Å².